The van der Waals surface area contributed by atoms with Crippen molar-refractivity contribution in [3.05, 3.63) is 65.7 Å². The zero-order valence-electron chi connectivity index (χ0n) is 14.4. The van der Waals surface area contributed by atoms with Gasteiger partial charge >= 0.3 is 5.97 Å². The van der Waals surface area contributed by atoms with Crippen LogP contribution in [0.15, 0.2) is 59.5 Å². The number of hydrogen-bond donors (Lipinski definition) is 2. The van der Waals surface area contributed by atoms with Gasteiger partial charge in [0, 0.05) is 6.42 Å². The highest BCUT2D eigenvalue weighted by atomic mass is 32.2. The minimum absolute atomic E-state index is 0.0270. The Morgan fingerprint density at radius 1 is 1.04 bits per heavy atom. The molecule has 0 radical (unpaired) electrons. The van der Waals surface area contributed by atoms with Crippen molar-refractivity contribution < 1.29 is 23.1 Å². The maximum Gasteiger partial charge on any atom is 0.326 e. The fraction of sp³-hybridized carbons (Fsp3) is 0.263. The van der Waals surface area contributed by atoms with Crippen LogP contribution < -0.4 is 5.32 Å². The SMILES string of the molecule is CCS(=O)(=O)c1cccc(CC(=O)N[C@H](Cc2ccccc2)C(=O)O)c1. The predicted molar refractivity (Wildman–Crippen MR) is 97.6 cm³/mol. The number of carboxylic acids is 1. The third-order valence-corrected chi connectivity index (χ3v) is 5.65. The molecule has 0 saturated heterocycles. The zero-order valence-corrected chi connectivity index (χ0v) is 15.2. The highest BCUT2D eigenvalue weighted by molar-refractivity contribution is 7.91. The van der Waals surface area contributed by atoms with Crippen LogP contribution in [-0.4, -0.2) is 37.2 Å². The third kappa shape index (κ3) is 5.42. The second-order valence-corrected chi connectivity index (χ2v) is 8.15. The molecular weight excluding hydrogens is 354 g/mol. The summed E-state index contributed by atoms with van der Waals surface area (Å²) < 4.78 is 23.9. The van der Waals surface area contributed by atoms with Gasteiger partial charge in [0.2, 0.25) is 5.91 Å². The van der Waals surface area contributed by atoms with Gasteiger partial charge in [-0.3, -0.25) is 4.79 Å². The van der Waals surface area contributed by atoms with Gasteiger partial charge in [0.15, 0.2) is 9.84 Å². The highest BCUT2D eigenvalue weighted by Gasteiger charge is 2.21. The number of benzene rings is 2. The first-order valence-electron chi connectivity index (χ1n) is 8.19. The third-order valence-electron chi connectivity index (χ3n) is 3.92. The van der Waals surface area contributed by atoms with Gasteiger partial charge in [-0.1, -0.05) is 49.4 Å². The van der Waals surface area contributed by atoms with Crippen LogP contribution in [0.5, 0.6) is 0 Å². The van der Waals surface area contributed by atoms with Crippen molar-refractivity contribution in [3.8, 4) is 0 Å². The van der Waals surface area contributed by atoms with Crippen LogP contribution in [0.2, 0.25) is 0 Å². The van der Waals surface area contributed by atoms with E-state index in [4.69, 9.17) is 0 Å². The summed E-state index contributed by atoms with van der Waals surface area (Å²) in [7, 11) is -3.36. The first-order valence-corrected chi connectivity index (χ1v) is 9.85. The Bertz CT molecular complexity index is 878. The minimum atomic E-state index is -3.36. The summed E-state index contributed by atoms with van der Waals surface area (Å²) in [5.41, 5.74) is 1.32. The summed E-state index contributed by atoms with van der Waals surface area (Å²) in [5, 5.41) is 11.8. The lowest BCUT2D eigenvalue weighted by molar-refractivity contribution is -0.141. The van der Waals surface area contributed by atoms with Crippen molar-refractivity contribution in [2.24, 2.45) is 0 Å². The summed E-state index contributed by atoms with van der Waals surface area (Å²) in [5.74, 6) is -1.62. The molecule has 0 aromatic heterocycles. The van der Waals surface area contributed by atoms with Gasteiger partial charge in [0.1, 0.15) is 6.04 Å². The van der Waals surface area contributed by atoms with E-state index in [0.717, 1.165) is 5.56 Å². The average molecular weight is 375 g/mol. The average Bonchev–Trinajstić information content (AvgIpc) is 2.62. The monoisotopic (exact) mass is 375 g/mol. The van der Waals surface area contributed by atoms with Gasteiger partial charge in [-0.25, -0.2) is 13.2 Å². The molecule has 0 aliphatic heterocycles. The molecule has 2 N–H and O–H groups in total. The molecule has 0 heterocycles. The van der Waals surface area contributed by atoms with Crippen molar-refractivity contribution in [2.75, 3.05) is 5.75 Å². The molecular formula is C19H21NO5S. The number of carbonyl (C=O) groups excluding carboxylic acids is 1. The molecule has 0 bridgehead atoms. The molecule has 2 aromatic rings. The molecule has 0 aliphatic rings. The molecule has 0 unspecified atom stereocenters. The Balaban J connectivity index is 2.07. The smallest absolute Gasteiger partial charge is 0.326 e. The Kier molecular flexibility index (Phi) is 6.52. The van der Waals surface area contributed by atoms with E-state index < -0.39 is 27.8 Å². The Labute approximate surface area is 152 Å². The van der Waals surface area contributed by atoms with E-state index in [1.807, 2.05) is 6.07 Å². The molecule has 0 aliphatic carbocycles. The number of amides is 1. The molecule has 2 aromatic carbocycles. The van der Waals surface area contributed by atoms with E-state index in [9.17, 15) is 23.1 Å². The normalized spacial score (nSPS) is 12.3. The molecule has 7 heteroatoms. The highest BCUT2D eigenvalue weighted by Crippen LogP contribution is 2.14. The van der Waals surface area contributed by atoms with Crippen molar-refractivity contribution in [2.45, 2.75) is 30.7 Å². The summed E-state index contributed by atoms with van der Waals surface area (Å²) >= 11 is 0. The van der Waals surface area contributed by atoms with Crippen molar-refractivity contribution in [3.63, 3.8) is 0 Å². The van der Waals surface area contributed by atoms with E-state index in [2.05, 4.69) is 5.32 Å². The molecule has 0 spiro atoms. The topological polar surface area (TPSA) is 101 Å². The molecule has 1 atom stereocenters. The Morgan fingerprint density at radius 3 is 2.31 bits per heavy atom. The number of hydrogen-bond acceptors (Lipinski definition) is 4. The number of aliphatic carboxylic acids is 1. The van der Waals surface area contributed by atoms with Gasteiger partial charge in [0.25, 0.3) is 0 Å². The van der Waals surface area contributed by atoms with Gasteiger partial charge in [-0.2, -0.15) is 0 Å². The standard InChI is InChI=1S/C19H21NO5S/c1-2-26(24,25)16-10-6-9-15(11-16)13-18(21)20-17(19(22)23)12-14-7-4-3-5-8-14/h3-11,17H,2,12-13H2,1H3,(H,20,21)(H,22,23)/t17-/m1/s1. The van der Waals surface area contributed by atoms with Crippen LogP contribution in [0.4, 0.5) is 0 Å². The first kappa shape index (κ1) is 19.7. The van der Waals surface area contributed by atoms with E-state index in [-0.39, 0.29) is 23.5 Å². The fourth-order valence-corrected chi connectivity index (χ4v) is 3.45. The van der Waals surface area contributed by atoms with E-state index in [1.54, 1.807) is 43.3 Å². The van der Waals surface area contributed by atoms with Gasteiger partial charge < -0.3 is 10.4 Å². The van der Waals surface area contributed by atoms with Gasteiger partial charge in [0.05, 0.1) is 17.1 Å². The maximum atomic E-state index is 12.2. The van der Waals surface area contributed by atoms with Crippen LogP contribution in [0.25, 0.3) is 0 Å². The fourth-order valence-electron chi connectivity index (χ4n) is 2.50. The number of rotatable bonds is 8. The largest absolute Gasteiger partial charge is 0.480 e. The molecule has 26 heavy (non-hydrogen) atoms. The second kappa shape index (κ2) is 8.62. The van der Waals surface area contributed by atoms with Gasteiger partial charge in [-0.15, -0.1) is 0 Å². The number of carboxylic acid groups (broad SMARTS) is 1. The summed E-state index contributed by atoms with van der Waals surface area (Å²) in [6, 6.07) is 14.1. The number of sulfone groups is 1. The molecule has 138 valence electrons. The quantitative estimate of drug-likeness (QED) is 0.733. The van der Waals surface area contributed by atoms with E-state index >= 15 is 0 Å². The van der Waals surface area contributed by atoms with Crippen LogP contribution in [0, 0.1) is 0 Å². The van der Waals surface area contributed by atoms with E-state index in [1.165, 1.54) is 12.1 Å². The lowest BCUT2D eigenvalue weighted by Crippen LogP contribution is -2.43. The summed E-state index contributed by atoms with van der Waals surface area (Å²) in [6.45, 7) is 1.55. The second-order valence-electron chi connectivity index (χ2n) is 5.88. The van der Waals surface area contributed by atoms with Crippen molar-refractivity contribution in [1.29, 1.82) is 0 Å². The molecule has 1 amide bonds. The number of carbonyl (C=O) groups is 2. The molecule has 6 nitrogen and oxygen atoms in total. The predicted octanol–water partition coefficient (Wildman–Crippen LogP) is 1.83. The zero-order chi connectivity index (χ0) is 19.2. The van der Waals surface area contributed by atoms with Gasteiger partial charge in [-0.05, 0) is 23.3 Å². The first-order chi connectivity index (χ1) is 12.3. The molecule has 0 saturated carbocycles. The lowest BCUT2D eigenvalue weighted by Gasteiger charge is -2.15. The van der Waals surface area contributed by atoms with Crippen LogP contribution in [0.1, 0.15) is 18.1 Å². The summed E-state index contributed by atoms with van der Waals surface area (Å²) in [4.78, 5) is 23.8. The summed E-state index contributed by atoms with van der Waals surface area (Å²) in [6.07, 6.45) is 0.0812. The maximum absolute atomic E-state index is 12.2. The van der Waals surface area contributed by atoms with Crippen LogP contribution in [0.3, 0.4) is 0 Å². The van der Waals surface area contributed by atoms with E-state index in [0.29, 0.717) is 5.56 Å². The van der Waals surface area contributed by atoms with Crippen molar-refractivity contribution in [1.82, 2.24) is 5.32 Å². The molecule has 0 fully saturated rings. The Morgan fingerprint density at radius 2 is 1.69 bits per heavy atom. The van der Waals surface area contributed by atoms with Crippen LogP contribution in [-0.2, 0) is 32.3 Å². The lowest BCUT2D eigenvalue weighted by atomic mass is 10.1. The minimum Gasteiger partial charge on any atom is -0.480 e. The Hall–Kier alpha value is -2.67. The van der Waals surface area contributed by atoms with Crippen molar-refractivity contribution >= 4 is 21.7 Å². The van der Waals surface area contributed by atoms with Crippen LogP contribution >= 0.6 is 0 Å². The molecule has 2 rings (SSSR count). The number of nitrogens with one attached hydrogen (secondary N) is 1.